The molecule has 0 heterocycles. The Labute approximate surface area is 154 Å². The molecule has 1 unspecified atom stereocenters. The molecule has 6 heteroatoms. The van der Waals surface area contributed by atoms with Crippen LogP contribution in [0.4, 0.5) is 5.69 Å². The summed E-state index contributed by atoms with van der Waals surface area (Å²) in [5.74, 6) is 2.00. The zero-order valence-electron chi connectivity index (χ0n) is 15.9. The molecule has 0 aliphatic carbocycles. The van der Waals surface area contributed by atoms with Gasteiger partial charge in [-0.15, -0.1) is 0 Å². The topological polar surface area (TPSA) is 68.8 Å². The number of methoxy groups -OCH3 is 3. The SMILES string of the molecule is COc1cc(OC)c(CNC(C)c2cccc(NC(C)=O)c2)c(OC)c1. The van der Waals surface area contributed by atoms with E-state index in [-0.39, 0.29) is 11.9 Å². The lowest BCUT2D eigenvalue weighted by Gasteiger charge is -2.19. The highest BCUT2D eigenvalue weighted by Gasteiger charge is 2.15. The fourth-order valence-electron chi connectivity index (χ4n) is 2.71. The van der Waals surface area contributed by atoms with Crippen LogP contribution in [0.25, 0.3) is 0 Å². The van der Waals surface area contributed by atoms with Crippen molar-refractivity contribution >= 4 is 11.6 Å². The first-order valence-electron chi connectivity index (χ1n) is 8.38. The zero-order valence-corrected chi connectivity index (χ0v) is 15.9. The maximum absolute atomic E-state index is 11.2. The van der Waals surface area contributed by atoms with Gasteiger partial charge >= 0.3 is 0 Å². The van der Waals surface area contributed by atoms with E-state index >= 15 is 0 Å². The fraction of sp³-hybridized carbons (Fsp3) is 0.350. The Kier molecular flexibility index (Phi) is 6.86. The van der Waals surface area contributed by atoms with Gasteiger partial charge in [-0.1, -0.05) is 12.1 Å². The first-order chi connectivity index (χ1) is 12.5. The van der Waals surface area contributed by atoms with Crippen LogP contribution in [0.5, 0.6) is 17.2 Å². The molecule has 0 saturated heterocycles. The van der Waals surface area contributed by atoms with Crippen molar-refractivity contribution in [3.63, 3.8) is 0 Å². The van der Waals surface area contributed by atoms with E-state index in [1.807, 2.05) is 36.4 Å². The molecule has 2 aromatic carbocycles. The number of ether oxygens (including phenoxy) is 3. The molecule has 6 nitrogen and oxygen atoms in total. The number of hydrogen-bond donors (Lipinski definition) is 2. The molecule has 0 bridgehead atoms. The first-order valence-corrected chi connectivity index (χ1v) is 8.38. The minimum atomic E-state index is -0.0875. The third-order valence-corrected chi connectivity index (χ3v) is 4.11. The van der Waals surface area contributed by atoms with Crippen molar-refractivity contribution in [1.29, 1.82) is 0 Å². The normalized spacial score (nSPS) is 11.6. The monoisotopic (exact) mass is 358 g/mol. The number of carbonyl (C=O) groups excluding carboxylic acids is 1. The van der Waals surface area contributed by atoms with E-state index in [1.165, 1.54) is 6.92 Å². The highest BCUT2D eigenvalue weighted by Crippen LogP contribution is 2.34. The van der Waals surface area contributed by atoms with Gasteiger partial charge in [-0.05, 0) is 24.6 Å². The van der Waals surface area contributed by atoms with Crippen LogP contribution >= 0.6 is 0 Å². The summed E-state index contributed by atoms with van der Waals surface area (Å²) in [5, 5.41) is 6.27. The molecular weight excluding hydrogens is 332 g/mol. The molecule has 1 atom stereocenters. The standard InChI is InChI=1S/C20H26N2O4/c1-13(15-7-6-8-16(9-15)22-14(2)23)21-12-18-19(25-4)10-17(24-3)11-20(18)26-5/h6-11,13,21H,12H2,1-5H3,(H,22,23). The van der Waals surface area contributed by atoms with Crippen LogP contribution in [0.3, 0.4) is 0 Å². The van der Waals surface area contributed by atoms with Gasteiger partial charge in [0.05, 0.1) is 26.9 Å². The Morgan fingerprint density at radius 1 is 1.04 bits per heavy atom. The summed E-state index contributed by atoms with van der Waals surface area (Å²) >= 11 is 0. The van der Waals surface area contributed by atoms with E-state index in [0.717, 1.165) is 16.8 Å². The highest BCUT2D eigenvalue weighted by atomic mass is 16.5. The van der Waals surface area contributed by atoms with Crippen molar-refractivity contribution in [3.05, 3.63) is 47.5 Å². The van der Waals surface area contributed by atoms with Gasteiger partial charge in [0, 0.05) is 37.3 Å². The van der Waals surface area contributed by atoms with Crippen molar-refractivity contribution in [2.75, 3.05) is 26.6 Å². The number of amides is 1. The Balaban J connectivity index is 2.16. The lowest BCUT2D eigenvalue weighted by atomic mass is 10.1. The third-order valence-electron chi connectivity index (χ3n) is 4.11. The highest BCUT2D eigenvalue weighted by molar-refractivity contribution is 5.88. The maximum atomic E-state index is 11.2. The Morgan fingerprint density at radius 2 is 1.69 bits per heavy atom. The molecule has 26 heavy (non-hydrogen) atoms. The van der Waals surface area contributed by atoms with Crippen LogP contribution in [0.1, 0.15) is 31.0 Å². The Bertz CT molecular complexity index is 736. The Morgan fingerprint density at radius 3 is 2.23 bits per heavy atom. The van der Waals surface area contributed by atoms with Crippen LogP contribution in [-0.4, -0.2) is 27.2 Å². The average molecular weight is 358 g/mol. The van der Waals surface area contributed by atoms with Gasteiger partial charge in [0.25, 0.3) is 0 Å². The van der Waals surface area contributed by atoms with Crippen molar-refractivity contribution in [3.8, 4) is 17.2 Å². The minimum Gasteiger partial charge on any atom is -0.496 e. The van der Waals surface area contributed by atoms with Gasteiger partial charge in [0.2, 0.25) is 5.91 Å². The maximum Gasteiger partial charge on any atom is 0.221 e. The fourth-order valence-corrected chi connectivity index (χ4v) is 2.71. The van der Waals surface area contributed by atoms with Gasteiger partial charge in [-0.25, -0.2) is 0 Å². The predicted octanol–water partition coefficient (Wildman–Crippen LogP) is 3.52. The summed E-state index contributed by atoms with van der Waals surface area (Å²) in [4.78, 5) is 11.2. The minimum absolute atomic E-state index is 0.0697. The Hall–Kier alpha value is -2.73. The number of carbonyl (C=O) groups is 1. The predicted molar refractivity (Wildman–Crippen MR) is 102 cm³/mol. The van der Waals surface area contributed by atoms with Crippen molar-refractivity contribution in [2.45, 2.75) is 26.4 Å². The van der Waals surface area contributed by atoms with Gasteiger partial charge in [0.1, 0.15) is 17.2 Å². The first kappa shape index (κ1) is 19.6. The van der Waals surface area contributed by atoms with Crippen LogP contribution in [-0.2, 0) is 11.3 Å². The van der Waals surface area contributed by atoms with E-state index in [2.05, 4.69) is 17.6 Å². The summed E-state index contributed by atoms with van der Waals surface area (Å²) in [6, 6.07) is 11.5. The number of hydrogen-bond acceptors (Lipinski definition) is 5. The molecular formula is C20H26N2O4. The average Bonchev–Trinajstić information content (AvgIpc) is 2.64. The number of nitrogens with one attached hydrogen (secondary N) is 2. The summed E-state index contributed by atoms with van der Waals surface area (Å²) in [6.07, 6.45) is 0. The molecule has 0 aliphatic heterocycles. The third kappa shape index (κ3) is 4.89. The van der Waals surface area contributed by atoms with Crippen LogP contribution in [0.15, 0.2) is 36.4 Å². The van der Waals surface area contributed by atoms with Gasteiger partial charge < -0.3 is 24.8 Å². The molecule has 0 radical (unpaired) electrons. The van der Waals surface area contributed by atoms with E-state index in [1.54, 1.807) is 21.3 Å². The molecule has 0 spiro atoms. The lowest BCUT2D eigenvalue weighted by molar-refractivity contribution is -0.114. The number of anilines is 1. The lowest BCUT2D eigenvalue weighted by Crippen LogP contribution is -2.19. The molecule has 0 saturated carbocycles. The van der Waals surface area contributed by atoms with E-state index in [0.29, 0.717) is 23.8 Å². The molecule has 2 aromatic rings. The zero-order chi connectivity index (χ0) is 19.1. The van der Waals surface area contributed by atoms with Crippen molar-refractivity contribution in [2.24, 2.45) is 0 Å². The second-order valence-electron chi connectivity index (χ2n) is 5.92. The van der Waals surface area contributed by atoms with Gasteiger partial charge in [0.15, 0.2) is 0 Å². The largest absolute Gasteiger partial charge is 0.496 e. The van der Waals surface area contributed by atoms with Crippen molar-refractivity contribution < 1.29 is 19.0 Å². The molecule has 0 fully saturated rings. The molecule has 1 amide bonds. The van der Waals surface area contributed by atoms with E-state index in [4.69, 9.17) is 14.2 Å². The smallest absolute Gasteiger partial charge is 0.221 e. The van der Waals surface area contributed by atoms with Crippen LogP contribution < -0.4 is 24.8 Å². The summed E-state index contributed by atoms with van der Waals surface area (Å²) in [5.41, 5.74) is 2.77. The molecule has 140 valence electrons. The molecule has 2 rings (SSSR count). The second-order valence-corrected chi connectivity index (χ2v) is 5.92. The molecule has 0 aliphatic rings. The summed E-state index contributed by atoms with van der Waals surface area (Å²) < 4.78 is 16.2. The molecule has 0 aromatic heterocycles. The summed E-state index contributed by atoms with van der Waals surface area (Å²) in [7, 11) is 4.85. The van der Waals surface area contributed by atoms with Crippen LogP contribution in [0, 0.1) is 0 Å². The second kappa shape index (κ2) is 9.10. The van der Waals surface area contributed by atoms with Gasteiger partial charge in [-0.2, -0.15) is 0 Å². The number of benzene rings is 2. The van der Waals surface area contributed by atoms with E-state index in [9.17, 15) is 4.79 Å². The van der Waals surface area contributed by atoms with Gasteiger partial charge in [-0.3, -0.25) is 4.79 Å². The summed E-state index contributed by atoms with van der Waals surface area (Å²) in [6.45, 7) is 4.12. The van der Waals surface area contributed by atoms with Crippen molar-refractivity contribution in [1.82, 2.24) is 5.32 Å². The van der Waals surface area contributed by atoms with E-state index < -0.39 is 0 Å². The van der Waals surface area contributed by atoms with Crippen LogP contribution in [0.2, 0.25) is 0 Å². The number of rotatable bonds is 8. The quantitative estimate of drug-likeness (QED) is 0.756. The molecule has 2 N–H and O–H groups in total.